The minimum Gasteiger partial charge on any atom is -0.344 e. The zero-order chi connectivity index (χ0) is 31.6. The number of thioether (sulfide) groups is 1. The van der Waals surface area contributed by atoms with Crippen LogP contribution in [-0.4, -0.2) is 75.6 Å². The summed E-state index contributed by atoms with van der Waals surface area (Å²) in [6.45, 7) is 1.60. The summed E-state index contributed by atoms with van der Waals surface area (Å²) in [6.07, 6.45) is 1.35. The molecular weight excluding hydrogens is 604 g/mol. The number of carbonyl (C=O) groups is 6. The summed E-state index contributed by atoms with van der Waals surface area (Å²) < 4.78 is 0. The van der Waals surface area contributed by atoms with Crippen LogP contribution in [0.2, 0.25) is 5.02 Å². The number of nitrogens with zero attached hydrogens (tertiary/aromatic N) is 2. The van der Waals surface area contributed by atoms with Crippen molar-refractivity contribution in [1.82, 2.24) is 20.7 Å². The fourth-order valence-corrected chi connectivity index (χ4v) is 6.61. The van der Waals surface area contributed by atoms with E-state index >= 15 is 0 Å². The molecule has 44 heavy (non-hydrogen) atoms. The molecule has 2 aliphatic heterocycles. The second kappa shape index (κ2) is 15.9. The highest BCUT2D eigenvalue weighted by Crippen LogP contribution is 2.26. The average Bonchev–Trinajstić information content (AvgIpc) is 3.13. The summed E-state index contributed by atoms with van der Waals surface area (Å²) in [4.78, 5) is 78.4. The number of rotatable bonds is 13. The number of carbonyl (C=O) groups excluding carboxylic acids is 6. The molecule has 0 radical (unpaired) electrons. The Morgan fingerprint density at radius 3 is 2.48 bits per heavy atom. The minimum atomic E-state index is -1.08. The lowest BCUT2D eigenvalue weighted by molar-refractivity contribution is -0.176. The Kier molecular flexibility index (Phi) is 12.0. The van der Waals surface area contributed by atoms with E-state index in [4.69, 9.17) is 11.6 Å². The maximum atomic E-state index is 13.8. The second-order valence-electron chi connectivity index (χ2n) is 11.0. The Labute approximate surface area is 266 Å². The Bertz CT molecular complexity index is 1390. The topological polar surface area (TPSA) is 133 Å². The SMILES string of the molecule is CC(=O)C[C@H](NC(=O)[C@@H]1CCCN2C(=O)CC[C@H](NC(=O)CCc3ccccc3)C(=O)N12)C(=O)CSCc1ccccc1Cl. The third kappa shape index (κ3) is 8.92. The van der Waals surface area contributed by atoms with E-state index in [9.17, 15) is 28.8 Å². The van der Waals surface area contributed by atoms with Gasteiger partial charge >= 0.3 is 0 Å². The lowest BCUT2D eigenvalue weighted by atomic mass is 10.0. The molecule has 2 N–H and O–H groups in total. The number of ketones is 2. The summed E-state index contributed by atoms with van der Waals surface area (Å²) in [5.41, 5.74) is 1.85. The van der Waals surface area contributed by atoms with Gasteiger partial charge in [0.15, 0.2) is 5.78 Å². The molecule has 0 unspecified atom stereocenters. The number of amides is 4. The number of halogens is 1. The Balaban J connectivity index is 1.42. The predicted octanol–water partition coefficient (Wildman–Crippen LogP) is 3.25. The molecule has 0 aliphatic carbocycles. The number of fused-ring (bicyclic) bond motifs is 1. The Morgan fingerprint density at radius 2 is 1.75 bits per heavy atom. The summed E-state index contributed by atoms with van der Waals surface area (Å²) in [5.74, 6) is -1.90. The smallest absolute Gasteiger partial charge is 0.264 e. The van der Waals surface area contributed by atoms with E-state index < -0.39 is 29.9 Å². The molecule has 0 spiro atoms. The van der Waals surface area contributed by atoms with Gasteiger partial charge < -0.3 is 10.6 Å². The number of benzene rings is 2. The van der Waals surface area contributed by atoms with E-state index in [1.165, 1.54) is 23.7 Å². The molecule has 0 saturated carbocycles. The third-order valence-electron chi connectivity index (χ3n) is 7.64. The highest BCUT2D eigenvalue weighted by atomic mass is 35.5. The fraction of sp³-hybridized carbons (Fsp3) is 0.438. The molecule has 4 amide bonds. The molecule has 3 atom stereocenters. The van der Waals surface area contributed by atoms with Gasteiger partial charge in [-0.05, 0) is 49.8 Å². The van der Waals surface area contributed by atoms with E-state index in [0.29, 0.717) is 23.6 Å². The standard InChI is InChI=1S/C32H37ClN4O6S/c1-21(38)18-26(28(39)20-44-19-23-10-5-6-11-24(23)33)35-31(42)27-12-7-17-36-30(41)16-14-25(32(43)37(27)36)34-29(40)15-13-22-8-3-2-4-9-22/h2-6,8-11,25-27H,7,12-20H2,1H3,(H,34,40)(H,35,42)/t25-,26-,27-/m0/s1. The number of aryl methyl sites for hydroxylation is 1. The van der Waals surface area contributed by atoms with Crippen molar-refractivity contribution in [1.29, 1.82) is 0 Å². The van der Waals surface area contributed by atoms with Crippen LogP contribution in [0.25, 0.3) is 0 Å². The molecule has 2 aromatic carbocycles. The normalized spacial score (nSPS) is 19.0. The quantitative estimate of drug-likeness (QED) is 0.343. The van der Waals surface area contributed by atoms with Gasteiger partial charge in [-0.15, -0.1) is 11.8 Å². The number of hydrogen-bond donors (Lipinski definition) is 2. The molecule has 4 rings (SSSR count). The second-order valence-corrected chi connectivity index (χ2v) is 12.4. The van der Waals surface area contributed by atoms with Crippen LogP contribution in [0.5, 0.6) is 0 Å². The molecule has 234 valence electrons. The van der Waals surface area contributed by atoms with Crippen LogP contribution < -0.4 is 10.6 Å². The maximum Gasteiger partial charge on any atom is 0.264 e. The maximum absolute atomic E-state index is 13.8. The fourth-order valence-electron chi connectivity index (χ4n) is 5.35. The molecule has 2 aromatic rings. The minimum absolute atomic E-state index is 0.0360. The van der Waals surface area contributed by atoms with Gasteiger partial charge in [-0.25, -0.2) is 5.01 Å². The molecule has 0 bridgehead atoms. The first kappa shape index (κ1) is 33.2. The molecule has 2 aliphatic rings. The van der Waals surface area contributed by atoms with Crippen LogP contribution in [0.4, 0.5) is 0 Å². The van der Waals surface area contributed by atoms with Gasteiger partial charge in [0.2, 0.25) is 17.7 Å². The van der Waals surface area contributed by atoms with Gasteiger partial charge in [-0.1, -0.05) is 60.1 Å². The monoisotopic (exact) mass is 640 g/mol. The number of nitrogens with one attached hydrogen (secondary N) is 2. The van der Waals surface area contributed by atoms with E-state index in [2.05, 4.69) is 10.6 Å². The van der Waals surface area contributed by atoms with Crippen LogP contribution in [0.3, 0.4) is 0 Å². The van der Waals surface area contributed by atoms with Gasteiger partial charge in [0, 0.05) is 36.6 Å². The van der Waals surface area contributed by atoms with Crippen LogP contribution in [-0.2, 0) is 40.9 Å². The summed E-state index contributed by atoms with van der Waals surface area (Å²) in [5, 5.41) is 8.48. The number of Topliss-reactive ketones (excluding diaryl/α,β-unsaturated/α-hetero) is 2. The van der Waals surface area contributed by atoms with Gasteiger partial charge in [0.05, 0.1) is 11.8 Å². The predicted molar refractivity (Wildman–Crippen MR) is 167 cm³/mol. The van der Waals surface area contributed by atoms with E-state index in [0.717, 1.165) is 16.1 Å². The van der Waals surface area contributed by atoms with Crippen molar-refractivity contribution in [3.05, 3.63) is 70.7 Å². The Hall–Kier alpha value is -3.70. The van der Waals surface area contributed by atoms with E-state index in [1.54, 1.807) is 6.07 Å². The van der Waals surface area contributed by atoms with E-state index in [-0.39, 0.29) is 67.8 Å². The summed E-state index contributed by atoms with van der Waals surface area (Å²) in [6, 6.07) is 13.7. The first-order chi connectivity index (χ1) is 21.1. The van der Waals surface area contributed by atoms with E-state index in [1.807, 2.05) is 48.5 Å². The average molecular weight is 641 g/mol. The van der Waals surface area contributed by atoms with Crippen molar-refractivity contribution >= 4 is 58.6 Å². The van der Waals surface area contributed by atoms with Crippen LogP contribution >= 0.6 is 23.4 Å². The van der Waals surface area contributed by atoms with Crippen LogP contribution in [0.1, 0.15) is 56.6 Å². The van der Waals surface area contributed by atoms with Gasteiger partial charge in [-0.2, -0.15) is 0 Å². The largest absolute Gasteiger partial charge is 0.344 e. The first-order valence-electron chi connectivity index (χ1n) is 14.7. The lowest BCUT2D eigenvalue weighted by Crippen LogP contribution is -2.64. The van der Waals surface area contributed by atoms with Gasteiger partial charge in [-0.3, -0.25) is 33.8 Å². The van der Waals surface area contributed by atoms with Crippen molar-refractivity contribution in [3.63, 3.8) is 0 Å². The first-order valence-corrected chi connectivity index (χ1v) is 16.3. The number of hydrazine groups is 1. The zero-order valence-corrected chi connectivity index (χ0v) is 26.2. The van der Waals surface area contributed by atoms with Gasteiger partial charge in [0.1, 0.15) is 17.9 Å². The van der Waals surface area contributed by atoms with Crippen molar-refractivity contribution in [2.75, 3.05) is 12.3 Å². The van der Waals surface area contributed by atoms with Crippen molar-refractivity contribution in [2.45, 2.75) is 75.7 Å². The molecular formula is C32H37ClN4O6S. The van der Waals surface area contributed by atoms with Crippen molar-refractivity contribution in [3.8, 4) is 0 Å². The molecule has 2 saturated heterocycles. The van der Waals surface area contributed by atoms with Crippen molar-refractivity contribution < 1.29 is 28.8 Å². The molecule has 2 heterocycles. The number of hydrogen-bond acceptors (Lipinski definition) is 7. The molecule has 0 aromatic heterocycles. The Morgan fingerprint density at radius 1 is 1.02 bits per heavy atom. The highest BCUT2D eigenvalue weighted by molar-refractivity contribution is 7.99. The molecule has 2 fully saturated rings. The van der Waals surface area contributed by atoms with Gasteiger partial charge in [0.25, 0.3) is 5.91 Å². The molecule has 10 nitrogen and oxygen atoms in total. The lowest BCUT2D eigenvalue weighted by Gasteiger charge is -2.43. The zero-order valence-electron chi connectivity index (χ0n) is 24.6. The molecule has 12 heteroatoms. The van der Waals surface area contributed by atoms with Crippen LogP contribution in [0.15, 0.2) is 54.6 Å². The third-order valence-corrected chi connectivity index (χ3v) is 9.01. The van der Waals surface area contributed by atoms with Crippen molar-refractivity contribution in [2.24, 2.45) is 0 Å². The summed E-state index contributed by atoms with van der Waals surface area (Å²) >= 11 is 7.53. The van der Waals surface area contributed by atoms with Crippen LogP contribution in [0, 0.1) is 0 Å². The summed E-state index contributed by atoms with van der Waals surface area (Å²) in [7, 11) is 0. The highest BCUT2D eigenvalue weighted by Gasteiger charge is 2.45.